The highest BCUT2D eigenvalue weighted by atomic mass is 32.2. The number of carbonyl (C=O) groups excluding carboxylic acids is 4. The summed E-state index contributed by atoms with van der Waals surface area (Å²) in [6.45, 7) is 12.7. The molecule has 0 aromatic heterocycles. The first-order chi connectivity index (χ1) is 61.9. The van der Waals surface area contributed by atoms with Crippen LogP contribution >= 0.6 is 58.8 Å². The molecule has 130 heavy (non-hydrogen) atoms. The van der Waals surface area contributed by atoms with Gasteiger partial charge in [0, 0.05) is 165 Å². The van der Waals surface area contributed by atoms with E-state index < -0.39 is 135 Å². The number of hydrogen-bond acceptors (Lipinski definition) is 31. The number of ether oxygens (including phenoxy) is 2. The van der Waals surface area contributed by atoms with Gasteiger partial charge in [-0.15, -0.1) is 34.6 Å². The van der Waals surface area contributed by atoms with Crippen LogP contribution in [0.1, 0.15) is 69.4 Å². The summed E-state index contributed by atoms with van der Waals surface area (Å²) >= 11 is 7.49. The maximum atomic E-state index is 13.8. The van der Waals surface area contributed by atoms with Crippen molar-refractivity contribution in [3.8, 4) is 0 Å². The Morgan fingerprint density at radius 2 is 0.746 bits per heavy atom. The molecule has 8 aliphatic heterocycles. The first-order valence-corrected chi connectivity index (χ1v) is 46.3. The summed E-state index contributed by atoms with van der Waals surface area (Å²) < 4.78 is 13.2. The number of thioether (sulfide) groups is 5. The van der Waals surface area contributed by atoms with Gasteiger partial charge in [-0.25, -0.2) is 10.0 Å². The van der Waals surface area contributed by atoms with Crippen LogP contribution < -0.4 is 60.5 Å². The first-order valence-electron chi connectivity index (χ1n) is 41.9. The van der Waals surface area contributed by atoms with Crippen molar-refractivity contribution in [3.63, 3.8) is 0 Å². The molecular weight excluding hydrogens is 1750 g/mol. The lowest BCUT2D eigenvalue weighted by Gasteiger charge is -2.34. The van der Waals surface area contributed by atoms with Crippen LogP contribution in [0.15, 0.2) is 285 Å². The van der Waals surface area contributed by atoms with Gasteiger partial charge in [0.1, 0.15) is 23.1 Å². The third-order valence-corrected chi connectivity index (χ3v) is 31.2. The van der Waals surface area contributed by atoms with Crippen LogP contribution in [0.3, 0.4) is 0 Å². The number of anilines is 4. The van der Waals surface area contributed by atoms with Gasteiger partial charge in [-0.05, 0) is 140 Å². The van der Waals surface area contributed by atoms with Crippen molar-refractivity contribution >= 4 is 139 Å². The molecule has 0 radical (unpaired) electrons. The van der Waals surface area contributed by atoms with Crippen LogP contribution in [0.25, 0.3) is 10.8 Å². The van der Waals surface area contributed by atoms with Gasteiger partial charge in [-0.2, -0.15) is 0 Å². The standard InChI is InChI=1S/C33H34N2O3.C26H26N2O3S.C25H20N6O9.C13H10O3S4/c1-32(2)23-13-9-10-14-24(23)34(5)26(32)17-21-29(36)22(31(38)30(21)37)18-27-33(3,4)28-20-12-8-7-11-19(20)15-16-25(28)35(27)6;1-26(2)17-9-5-6-10-18(17)27(3)21(26)13-15-23(29)16(25(31)24(15)30)14-22-28(4)19-11-7-8-12-20(19)32-22;1-28-19(39-24(26-28)13-3-7-15(8-4-13)30(35)36)11-17-21(32)18(23(34)22(17)33)12-20-29(2)27-25(40-20)14-5-9-16(10-6-14)31(37)38;14-11-7(5-9-17-1-2-18-9)12(15)13(16)8(11)6-10-19-3-4-20-10/h7-18,21-22,29,31H,1-6H3;5-16,23,25H,1-4H3;3-12,17-18,21-22H,1-2H3;1-8,11-12H/q4*-2/b26-17-,27-18-;21-13-,22-14+;19-11+,20-12+;. The van der Waals surface area contributed by atoms with E-state index in [1.54, 1.807) is 30.4 Å². The van der Waals surface area contributed by atoms with E-state index in [0.717, 1.165) is 74.8 Å². The molecule has 33 heteroatoms. The Bertz CT molecular complexity index is 6140. The molecule has 0 spiro atoms. The van der Waals surface area contributed by atoms with E-state index >= 15 is 0 Å². The Morgan fingerprint density at radius 3 is 1.20 bits per heavy atom. The molecular formula is C97H90N10O18S5-8. The topological polar surface area (TPSA) is 402 Å². The molecule has 0 N–H and O–H groups in total. The number of para-hydroxylation sites is 3. The second-order valence-electron chi connectivity index (χ2n) is 34.8. The predicted molar refractivity (Wildman–Crippen MR) is 490 cm³/mol. The molecule has 4 fully saturated rings. The molecule has 16 atom stereocenters. The highest BCUT2D eigenvalue weighted by molar-refractivity contribution is 8.27. The summed E-state index contributed by atoms with van der Waals surface area (Å²) in [6, 6.07) is 47.6. The number of likely N-dealkylation sites (N-methyl/N-ethyl adjacent to an activating group) is 3. The van der Waals surface area contributed by atoms with Crippen molar-refractivity contribution in [1.82, 2.24) is 10.0 Å². The number of benzene rings is 7. The zero-order valence-corrected chi connectivity index (χ0v) is 76.6. The third-order valence-electron chi connectivity index (χ3n) is 26.0. The van der Waals surface area contributed by atoms with E-state index in [0.29, 0.717) is 11.1 Å². The number of nitro benzene ring substituents is 2. The Balaban J connectivity index is 0.000000130. The highest BCUT2D eigenvalue weighted by Gasteiger charge is 2.48. The van der Waals surface area contributed by atoms with Crippen molar-refractivity contribution in [2.24, 2.45) is 57.5 Å². The van der Waals surface area contributed by atoms with Crippen LogP contribution in [0.4, 0.5) is 34.1 Å². The lowest BCUT2D eigenvalue weighted by molar-refractivity contribution is -0.459. The van der Waals surface area contributed by atoms with Crippen LogP contribution in [0.5, 0.6) is 0 Å². The van der Waals surface area contributed by atoms with Crippen molar-refractivity contribution in [3.05, 3.63) is 318 Å². The number of non-ortho nitro benzene ring substituents is 2. The fraction of sp³-hybridized carbons (Fsp3) is 0.320. The van der Waals surface area contributed by atoms with Crippen molar-refractivity contribution < 1.29 is 79.4 Å². The van der Waals surface area contributed by atoms with E-state index in [2.05, 4.69) is 97.9 Å². The highest BCUT2D eigenvalue weighted by Crippen LogP contribution is 2.55. The summed E-state index contributed by atoms with van der Waals surface area (Å²) in [5, 5.41) is 148. The van der Waals surface area contributed by atoms with Crippen LogP contribution in [-0.2, 0) is 44.9 Å². The lowest BCUT2D eigenvalue weighted by atomic mass is 9.79. The predicted octanol–water partition coefficient (Wildman–Crippen LogP) is 8.94. The van der Waals surface area contributed by atoms with E-state index in [4.69, 9.17) is 9.47 Å². The quantitative estimate of drug-likeness (QED) is 0.0813. The molecule has 28 nitrogen and oxygen atoms in total. The van der Waals surface area contributed by atoms with Gasteiger partial charge in [0.15, 0.2) is 0 Å². The first kappa shape index (κ1) is 92.1. The number of rotatable bonds is 12. The number of Topliss-reactive ketones (excluding diaryl/α,β-unsaturated/α-hetero) is 4. The van der Waals surface area contributed by atoms with Gasteiger partial charge in [0.25, 0.3) is 11.4 Å². The number of hydrogen-bond donors (Lipinski definition) is 0. The molecule has 19 rings (SSSR count). The number of allylic oxidation sites excluding steroid dienone is 3. The Hall–Kier alpha value is -11.2. The summed E-state index contributed by atoms with van der Waals surface area (Å²) in [5.74, 6) is -9.72. The van der Waals surface area contributed by atoms with E-state index in [9.17, 15) is 80.3 Å². The third kappa shape index (κ3) is 17.0. The van der Waals surface area contributed by atoms with Crippen LogP contribution in [0.2, 0.25) is 0 Å². The summed E-state index contributed by atoms with van der Waals surface area (Å²) in [5.41, 5.74) is 9.97. The second kappa shape index (κ2) is 36.5. The summed E-state index contributed by atoms with van der Waals surface area (Å²) in [4.78, 5) is 81.0. The maximum absolute atomic E-state index is 13.8. The number of nitrogens with zero attached hydrogens (tertiary/aromatic N) is 10. The molecule has 7 aromatic carbocycles. The summed E-state index contributed by atoms with van der Waals surface area (Å²) in [6.07, 6.45) is 1.12. The SMILES string of the molecule is CN1/C(=C\C2C(=O)C([O-])C(/C=C3/Sc4ccccc4N3C)C2[O-])C(C)(C)c2ccccc21.CN1/C(=C\C2C(=O)C([O-])C(/C=C3\N(C)c4ccc5ccccc5c4C3(C)C)C2[O-])C(C)(C)c2ccccc21.CN1N=C(c2ccc([N+](=O)[O-])cc2)O/C1=C/C1C(=O)C([O-])C(/C=C2/OC(c3ccc([N+](=O)[O-])cc3)=NN2C)C1[O-].O=C1C([O-])C(C=C2SC=CS2)C([O-])C1C=C1SC=CS1. The zero-order chi connectivity index (χ0) is 92.8. The van der Waals surface area contributed by atoms with E-state index in [1.165, 1.54) is 155 Å². The average molecular weight is 1840 g/mol. The monoisotopic (exact) mass is 1840 g/mol. The summed E-state index contributed by atoms with van der Waals surface area (Å²) in [7, 11) is 10.9. The fourth-order valence-corrected chi connectivity index (χ4v) is 23.5. The Labute approximate surface area is 772 Å². The Kier molecular flexibility index (Phi) is 25.9. The van der Waals surface area contributed by atoms with Crippen molar-refractivity contribution in [2.75, 3.05) is 61.9 Å². The fourth-order valence-electron chi connectivity index (χ4n) is 18.9. The number of ketones is 4. The number of carbonyl (C=O) groups is 4. The number of fused-ring (bicyclic) bond motifs is 6. The van der Waals surface area contributed by atoms with Crippen LogP contribution in [0, 0.1) is 67.6 Å². The van der Waals surface area contributed by atoms with E-state index in [1.807, 2.05) is 138 Å². The van der Waals surface area contributed by atoms with Gasteiger partial charge >= 0.3 is 0 Å². The molecule has 16 unspecified atom stereocenters. The minimum absolute atomic E-state index is 0.0612. The smallest absolute Gasteiger partial charge is 0.269 e. The molecule has 0 amide bonds. The minimum Gasteiger partial charge on any atom is -0.851 e. The zero-order valence-electron chi connectivity index (χ0n) is 72.5. The molecule has 12 aliphatic rings. The van der Waals surface area contributed by atoms with Crippen molar-refractivity contribution in [2.45, 2.75) is 112 Å². The molecule has 4 saturated carbocycles. The molecule has 4 aliphatic carbocycles. The van der Waals surface area contributed by atoms with Gasteiger partial charge in [-0.3, -0.25) is 20.2 Å². The Morgan fingerprint density at radius 1 is 0.377 bits per heavy atom. The van der Waals surface area contributed by atoms with Gasteiger partial charge in [0.2, 0.25) is 23.6 Å². The van der Waals surface area contributed by atoms with Gasteiger partial charge < -0.3 is 89.1 Å². The molecule has 7 aromatic rings. The van der Waals surface area contributed by atoms with Gasteiger partial charge in [-0.1, -0.05) is 240 Å². The second-order valence-corrected chi connectivity index (χ2v) is 40.2. The largest absolute Gasteiger partial charge is 0.851 e. The lowest BCUT2D eigenvalue weighted by Crippen LogP contribution is -2.41. The molecule has 0 bridgehead atoms. The van der Waals surface area contributed by atoms with E-state index in [-0.39, 0.29) is 45.8 Å². The van der Waals surface area contributed by atoms with Crippen LogP contribution in [-0.4, -0.2) is 146 Å². The average Bonchev–Trinajstić information content (AvgIpc) is 1.57. The molecule has 674 valence electrons. The number of hydrazone groups is 2. The molecule has 8 heterocycles. The van der Waals surface area contributed by atoms with Crippen molar-refractivity contribution in [1.29, 1.82) is 0 Å². The van der Waals surface area contributed by atoms with Gasteiger partial charge in [0.05, 0.1) is 20.6 Å². The normalized spacial score (nSPS) is 29.9. The minimum atomic E-state index is -1.86. The maximum Gasteiger partial charge on any atom is 0.269 e. The number of nitro groups is 2. The molecule has 0 saturated heterocycles.